The van der Waals surface area contributed by atoms with E-state index < -0.39 is 24.2 Å². The van der Waals surface area contributed by atoms with Crippen molar-refractivity contribution in [3.8, 4) is 28.2 Å². The Morgan fingerprint density at radius 3 is 1.84 bits per heavy atom. The van der Waals surface area contributed by atoms with E-state index in [1.807, 2.05) is 109 Å². The van der Waals surface area contributed by atoms with Crippen molar-refractivity contribution in [1.82, 2.24) is 9.55 Å². The van der Waals surface area contributed by atoms with Crippen LogP contribution in [0, 0.1) is 0 Å². The predicted octanol–water partition coefficient (Wildman–Crippen LogP) is 11.0. The highest BCUT2D eigenvalue weighted by Crippen LogP contribution is 2.46. The van der Waals surface area contributed by atoms with Crippen LogP contribution >= 0.6 is 0 Å². The largest absolute Gasteiger partial charge is 0.291 e. The molecule has 200 valence electrons. The maximum absolute atomic E-state index is 9.48. The Labute approximate surface area is 260 Å². The van der Waals surface area contributed by atoms with E-state index in [1.54, 1.807) is 4.57 Å². The van der Waals surface area contributed by atoms with Crippen molar-refractivity contribution < 1.29 is 11.0 Å². The number of rotatable bonds is 3. The fourth-order valence-electron chi connectivity index (χ4n) is 6.39. The third-order valence-corrected chi connectivity index (χ3v) is 8.20. The van der Waals surface area contributed by atoms with Gasteiger partial charge in [0.1, 0.15) is 5.82 Å². The smallest absolute Gasteiger partial charge is 0.145 e. The van der Waals surface area contributed by atoms with E-state index in [1.165, 1.54) is 0 Å². The first-order valence-corrected chi connectivity index (χ1v) is 14.1. The zero-order valence-corrected chi connectivity index (χ0v) is 22.8. The topological polar surface area (TPSA) is 17.8 Å². The van der Waals surface area contributed by atoms with Crippen LogP contribution in [0.4, 0.5) is 0 Å². The van der Waals surface area contributed by atoms with Crippen LogP contribution in [0.2, 0.25) is 0 Å². The summed E-state index contributed by atoms with van der Waals surface area (Å²) in [5.74, 6) is 0.461. The van der Waals surface area contributed by atoms with Gasteiger partial charge in [0, 0.05) is 16.3 Å². The molecule has 8 aromatic carbocycles. The van der Waals surface area contributed by atoms with Gasteiger partial charge in [-0.25, -0.2) is 4.98 Å². The Morgan fingerprint density at radius 1 is 0.512 bits per heavy atom. The monoisotopic (exact) mass is 554 g/mol. The number of imidazole rings is 1. The van der Waals surface area contributed by atoms with Crippen LogP contribution in [0.5, 0.6) is 0 Å². The summed E-state index contributed by atoms with van der Waals surface area (Å²) in [5.41, 5.74) is 3.07. The number of aromatic nitrogens is 2. The molecular formula is C41H26N2. The number of benzene rings is 8. The molecule has 2 nitrogen and oxygen atoms in total. The number of nitrogens with zero attached hydrogens (tertiary/aromatic N) is 2. The molecule has 0 aliphatic carbocycles. The van der Waals surface area contributed by atoms with Crippen LogP contribution in [0.15, 0.2) is 158 Å². The first-order chi connectivity index (χ1) is 24.7. The van der Waals surface area contributed by atoms with Crippen molar-refractivity contribution in [3.63, 3.8) is 0 Å². The Balaban J connectivity index is 1.64. The molecule has 0 atom stereocenters. The SMILES string of the molecule is [2H]c1c([2H])c([2H])c2c(-n3c(-c4ccccc4)nc4ccccc43)c3c([2H])c([2H])c([2H])c([2H])c3c(-c3cc4ccccc4c4ccccc34)c2c1[2H]. The van der Waals surface area contributed by atoms with Gasteiger partial charge in [0.2, 0.25) is 0 Å². The van der Waals surface area contributed by atoms with E-state index in [0.717, 1.165) is 27.1 Å². The summed E-state index contributed by atoms with van der Waals surface area (Å²) in [6, 6.07) is 31.4. The Bertz CT molecular complexity index is 2870. The van der Waals surface area contributed by atoms with Gasteiger partial charge in [-0.1, -0.05) is 139 Å². The normalized spacial score (nSPS) is 14.3. The molecule has 1 aromatic heterocycles. The molecule has 0 aliphatic heterocycles. The Kier molecular flexibility index (Phi) is 3.78. The fourth-order valence-corrected chi connectivity index (χ4v) is 6.39. The van der Waals surface area contributed by atoms with Gasteiger partial charge >= 0.3 is 0 Å². The molecule has 0 amide bonds. The molecule has 0 fully saturated rings. The summed E-state index contributed by atoms with van der Waals surface area (Å²) in [4.78, 5) is 4.99. The highest BCUT2D eigenvalue weighted by atomic mass is 15.1. The Morgan fingerprint density at radius 2 is 1.09 bits per heavy atom. The van der Waals surface area contributed by atoms with Crippen LogP contribution in [0.25, 0.3) is 82.3 Å². The minimum atomic E-state index is -0.450. The molecule has 1 heterocycles. The molecule has 9 aromatic rings. The summed E-state index contributed by atoms with van der Waals surface area (Å²) in [7, 11) is 0. The minimum Gasteiger partial charge on any atom is -0.291 e. The van der Waals surface area contributed by atoms with Crippen molar-refractivity contribution in [2.45, 2.75) is 0 Å². The van der Waals surface area contributed by atoms with Crippen molar-refractivity contribution in [2.24, 2.45) is 0 Å². The highest BCUT2D eigenvalue weighted by molar-refractivity contribution is 6.24. The second-order valence-electron chi connectivity index (χ2n) is 10.5. The fraction of sp³-hybridized carbons (Fsp3) is 0. The molecule has 0 N–H and O–H groups in total. The third-order valence-electron chi connectivity index (χ3n) is 8.20. The lowest BCUT2D eigenvalue weighted by molar-refractivity contribution is 1.13. The maximum atomic E-state index is 9.48. The number of para-hydroxylation sites is 2. The van der Waals surface area contributed by atoms with Crippen molar-refractivity contribution in [2.75, 3.05) is 0 Å². The van der Waals surface area contributed by atoms with Crippen molar-refractivity contribution in [1.29, 1.82) is 0 Å². The lowest BCUT2D eigenvalue weighted by Crippen LogP contribution is -2.01. The zero-order chi connectivity index (χ0) is 35.3. The van der Waals surface area contributed by atoms with Crippen LogP contribution < -0.4 is 0 Å². The molecule has 9 rings (SSSR count). The predicted molar refractivity (Wildman–Crippen MR) is 182 cm³/mol. The van der Waals surface area contributed by atoms with Crippen LogP contribution in [-0.2, 0) is 0 Å². The molecule has 0 unspecified atom stereocenters. The molecular weight excluding hydrogens is 520 g/mol. The van der Waals surface area contributed by atoms with Gasteiger partial charge < -0.3 is 0 Å². The second-order valence-corrected chi connectivity index (χ2v) is 10.5. The number of fused-ring (bicyclic) bond motifs is 6. The molecule has 0 saturated carbocycles. The Hall–Kier alpha value is -5.73. The van der Waals surface area contributed by atoms with Gasteiger partial charge in [-0.2, -0.15) is 0 Å². The average molecular weight is 555 g/mol. The second kappa shape index (κ2) is 9.40. The summed E-state index contributed by atoms with van der Waals surface area (Å²) >= 11 is 0. The molecule has 0 radical (unpaired) electrons. The van der Waals surface area contributed by atoms with Gasteiger partial charge in [0.15, 0.2) is 0 Å². The van der Waals surface area contributed by atoms with E-state index in [4.69, 9.17) is 10.5 Å². The summed E-state index contributed by atoms with van der Waals surface area (Å²) in [6.07, 6.45) is 0. The lowest BCUT2D eigenvalue weighted by atomic mass is 9.86. The van der Waals surface area contributed by atoms with E-state index in [-0.39, 0.29) is 51.4 Å². The van der Waals surface area contributed by atoms with E-state index >= 15 is 0 Å². The van der Waals surface area contributed by atoms with Crippen LogP contribution in [0.1, 0.15) is 11.0 Å². The molecule has 0 spiro atoms. The van der Waals surface area contributed by atoms with Gasteiger partial charge in [0.25, 0.3) is 0 Å². The van der Waals surface area contributed by atoms with Crippen LogP contribution in [0.3, 0.4) is 0 Å². The first-order valence-electron chi connectivity index (χ1n) is 18.1. The first kappa shape index (κ1) is 17.3. The quantitative estimate of drug-likeness (QED) is 0.157. The van der Waals surface area contributed by atoms with Crippen molar-refractivity contribution in [3.05, 3.63) is 158 Å². The van der Waals surface area contributed by atoms with E-state index in [2.05, 4.69) is 0 Å². The summed E-state index contributed by atoms with van der Waals surface area (Å²) in [5, 5.41) is 4.14. The maximum Gasteiger partial charge on any atom is 0.145 e. The summed E-state index contributed by atoms with van der Waals surface area (Å²) < 4.78 is 75.3. The molecule has 2 heteroatoms. The lowest BCUT2D eigenvalue weighted by Gasteiger charge is -2.21. The van der Waals surface area contributed by atoms with Gasteiger partial charge in [-0.3, -0.25) is 4.57 Å². The number of hydrogen-bond acceptors (Lipinski definition) is 1. The molecule has 0 bridgehead atoms. The highest BCUT2D eigenvalue weighted by Gasteiger charge is 2.22. The third kappa shape index (κ3) is 3.57. The molecule has 43 heavy (non-hydrogen) atoms. The molecule has 0 aliphatic rings. The van der Waals surface area contributed by atoms with Gasteiger partial charge in [0.05, 0.1) is 27.7 Å². The van der Waals surface area contributed by atoms with Gasteiger partial charge in [-0.05, 0) is 61.6 Å². The van der Waals surface area contributed by atoms with E-state index in [9.17, 15) is 5.48 Å². The standard InChI is InChI=1S/C41H26N2/c1-2-14-27(15-3-1)41-42-37-24-12-13-25-38(37)43(41)40-34-22-10-8-20-32(34)39(33-21-9-11-23-35(33)40)36-26-28-16-4-5-17-29(28)30-18-6-7-19-31(30)36/h1-26H/i8D,9D,10D,11D,20D,21D,22D,23D. The zero-order valence-electron chi connectivity index (χ0n) is 30.8. The minimum absolute atomic E-state index is 0.131. The number of hydrogen-bond donors (Lipinski definition) is 0. The van der Waals surface area contributed by atoms with Gasteiger partial charge in [-0.15, -0.1) is 0 Å². The average Bonchev–Trinajstić information content (AvgIpc) is 3.56. The van der Waals surface area contributed by atoms with Crippen LogP contribution in [-0.4, -0.2) is 9.55 Å². The van der Waals surface area contributed by atoms with E-state index in [0.29, 0.717) is 28.0 Å². The van der Waals surface area contributed by atoms with Crippen molar-refractivity contribution >= 4 is 54.1 Å². The molecule has 0 saturated heterocycles. The summed E-state index contributed by atoms with van der Waals surface area (Å²) in [6.45, 7) is 0.